The van der Waals surface area contributed by atoms with Crippen molar-refractivity contribution in [2.45, 2.75) is 58.9 Å². The molecule has 0 unspecified atom stereocenters. The monoisotopic (exact) mass is 240 g/mol. The first-order valence-corrected chi connectivity index (χ1v) is 6.93. The van der Waals surface area contributed by atoms with Crippen LogP contribution in [0.1, 0.15) is 53.4 Å². The molecular formula is C14H28N2O. The topological polar surface area (TPSA) is 46.3 Å². The van der Waals surface area contributed by atoms with E-state index in [2.05, 4.69) is 27.7 Å². The molecule has 0 radical (unpaired) electrons. The lowest BCUT2D eigenvalue weighted by atomic mass is 10.1. The summed E-state index contributed by atoms with van der Waals surface area (Å²) in [5.41, 5.74) is 5.51. The number of hydrogen-bond acceptors (Lipinski definition) is 2. The molecule has 0 heterocycles. The third-order valence-corrected chi connectivity index (χ3v) is 3.45. The van der Waals surface area contributed by atoms with Gasteiger partial charge in [0.05, 0.1) is 5.54 Å². The molecule has 1 amide bonds. The van der Waals surface area contributed by atoms with Gasteiger partial charge in [0.1, 0.15) is 0 Å². The lowest BCUT2D eigenvalue weighted by Crippen LogP contribution is -2.46. The van der Waals surface area contributed by atoms with Gasteiger partial charge in [0.15, 0.2) is 0 Å². The molecule has 0 atom stereocenters. The van der Waals surface area contributed by atoms with E-state index in [-0.39, 0.29) is 5.91 Å². The van der Waals surface area contributed by atoms with Crippen LogP contribution >= 0.6 is 0 Å². The van der Waals surface area contributed by atoms with E-state index in [1.54, 1.807) is 0 Å². The lowest BCUT2D eigenvalue weighted by Gasteiger charge is -2.27. The van der Waals surface area contributed by atoms with E-state index in [9.17, 15) is 4.79 Å². The Hall–Kier alpha value is -0.570. The highest BCUT2D eigenvalue weighted by atomic mass is 16.2. The molecule has 0 spiro atoms. The van der Waals surface area contributed by atoms with E-state index in [1.807, 2.05) is 4.90 Å². The minimum Gasteiger partial charge on any atom is -0.341 e. The Labute approximate surface area is 106 Å². The largest absolute Gasteiger partial charge is 0.341 e. The van der Waals surface area contributed by atoms with Crippen LogP contribution in [0.25, 0.3) is 0 Å². The number of rotatable bonds is 7. The van der Waals surface area contributed by atoms with Gasteiger partial charge in [0.2, 0.25) is 5.91 Å². The molecule has 1 aliphatic carbocycles. The molecule has 3 heteroatoms. The Morgan fingerprint density at radius 3 is 1.82 bits per heavy atom. The maximum Gasteiger partial charge on any atom is 0.242 e. The first-order chi connectivity index (χ1) is 7.85. The minimum atomic E-state index is -0.506. The maximum absolute atomic E-state index is 12.3. The fourth-order valence-electron chi connectivity index (χ4n) is 1.81. The molecule has 1 fully saturated rings. The van der Waals surface area contributed by atoms with Crippen LogP contribution in [-0.2, 0) is 4.79 Å². The molecule has 0 aliphatic heterocycles. The number of carbonyl (C=O) groups excluding carboxylic acids is 1. The molecule has 0 aromatic carbocycles. The third kappa shape index (κ3) is 4.66. The number of nitrogens with two attached hydrogens (primary N) is 1. The van der Waals surface area contributed by atoms with Gasteiger partial charge in [-0.25, -0.2) is 0 Å². The molecule has 100 valence electrons. The first-order valence-electron chi connectivity index (χ1n) is 6.93. The van der Waals surface area contributed by atoms with E-state index in [4.69, 9.17) is 5.73 Å². The Morgan fingerprint density at radius 1 is 1.12 bits per heavy atom. The quantitative estimate of drug-likeness (QED) is 0.742. The van der Waals surface area contributed by atoms with Crippen LogP contribution in [0.5, 0.6) is 0 Å². The summed E-state index contributed by atoms with van der Waals surface area (Å²) in [5, 5.41) is 0. The van der Waals surface area contributed by atoms with Gasteiger partial charge in [0.25, 0.3) is 0 Å². The van der Waals surface area contributed by atoms with Crippen LogP contribution in [0.3, 0.4) is 0 Å². The van der Waals surface area contributed by atoms with Crippen molar-refractivity contribution in [2.24, 2.45) is 17.6 Å². The summed E-state index contributed by atoms with van der Waals surface area (Å²) in [6, 6.07) is 0. The van der Waals surface area contributed by atoms with Gasteiger partial charge < -0.3 is 10.6 Å². The molecule has 3 nitrogen and oxygen atoms in total. The fourth-order valence-corrected chi connectivity index (χ4v) is 1.81. The van der Waals surface area contributed by atoms with Crippen LogP contribution < -0.4 is 5.73 Å². The van der Waals surface area contributed by atoms with Crippen molar-refractivity contribution in [3.63, 3.8) is 0 Å². The molecule has 0 aromatic rings. The number of amides is 1. The summed E-state index contributed by atoms with van der Waals surface area (Å²) < 4.78 is 0. The van der Waals surface area contributed by atoms with Crippen molar-refractivity contribution < 1.29 is 4.79 Å². The number of nitrogens with zero attached hydrogens (tertiary/aromatic N) is 1. The Bertz CT molecular complexity index is 245. The zero-order valence-electron chi connectivity index (χ0n) is 11.8. The molecular weight excluding hydrogens is 212 g/mol. The second-order valence-corrected chi connectivity index (χ2v) is 6.31. The standard InChI is InChI=1S/C14H28N2O/c1-11(2)5-9-16(10-6-12(3)4)13(17)14(15)7-8-14/h11-12H,5-10,15H2,1-4H3. The minimum absolute atomic E-state index is 0.179. The highest BCUT2D eigenvalue weighted by Crippen LogP contribution is 2.34. The molecule has 0 aromatic heterocycles. The molecule has 1 aliphatic rings. The number of carbonyl (C=O) groups is 1. The number of hydrogen-bond donors (Lipinski definition) is 1. The van der Waals surface area contributed by atoms with Gasteiger partial charge in [0, 0.05) is 13.1 Å². The van der Waals surface area contributed by atoms with Crippen molar-refractivity contribution in [2.75, 3.05) is 13.1 Å². The summed E-state index contributed by atoms with van der Waals surface area (Å²) in [6.45, 7) is 10.5. The summed E-state index contributed by atoms with van der Waals surface area (Å²) in [4.78, 5) is 14.2. The van der Waals surface area contributed by atoms with Crippen LogP contribution in [0, 0.1) is 11.8 Å². The van der Waals surface area contributed by atoms with E-state index < -0.39 is 5.54 Å². The van der Waals surface area contributed by atoms with E-state index in [0.717, 1.165) is 38.8 Å². The summed E-state index contributed by atoms with van der Waals surface area (Å²) in [6.07, 6.45) is 3.87. The smallest absolute Gasteiger partial charge is 0.242 e. The van der Waals surface area contributed by atoms with Gasteiger partial charge in [-0.05, 0) is 37.5 Å². The lowest BCUT2D eigenvalue weighted by molar-refractivity contribution is -0.134. The molecule has 0 saturated heterocycles. The van der Waals surface area contributed by atoms with Gasteiger partial charge in [-0.1, -0.05) is 27.7 Å². The third-order valence-electron chi connectivity index (χ3n) is 3.45. The SMILES string of the molecule is CC(C)CCN(CCC(C)C)C(=O)C1(N)CC1. The van der Waals surface area contributed by atoms with Crippen molar-refractivity contribution in [3.05, 3.63) is 0 Å². The summed E-state index contributed by atoms with van der Waals surface area (Å²) in [5.74, 6) is 1.45. The van der Waals surface area contributed by atoms with E-state index >= 15 is 0 Å². The van der Waals surface area contributed by atoms with E-state index in [0.29, 0.717) is 11.8 Å². The van der Waals surface area contributed by atoms with Crippen molar-refractivity contribution >= 4 is 5.91 Å². The van der Waals surface area contributed by atoms with Crippen LogP contribution in [-0.4, -0.2) is 29.4 Å². The predicted octanol–water partition coefficient (Wildman–Crippen LogP) is 2.40. The highest BCUT2D eigenvalue weighted by Gasteiger charge is 2.47. The average molecular weight is 240 g/mol. The van der Waals surface area contributed by atoms with Gasteiger partial charge >= 0.3 is 0 Å². The zero-order chi connectivity index (χ0) is 13.1. The van der Waals surface area contributed by atoms with Crippen molar-refractivity contribution in [3.8, 4) is 0 Å². The predicted molar refractivity (Wildman–Crippen MR) is 71.6 cm³/mol. The maximum atomic E-state index is 12.3. The second-order valence-electron chi connectivity index (χ2n) is 6.31. The fraction of sp³-hybridized carbons (Fsp3) is 0.929. The first kappa shape index (κ1) is 14.5. The molecule has 17 heavy (non-hydrogen) atoms. The summed E-state index contributed by atoms with van der Waals surface area (Å²) >= 11 is 0. The van der Waals surface area contributed by atoms with Crippen molar-refractivity contribution in [1.82, 2.24) is 4.90 Å². The Kier molecular flexibility index (Phi) is 4.99. The molecule has 2 N–H and O–H groups in total. The Balaban J connectivity index is 2.48. The normalized spacial score (nSPS) is 17.6. The van der Waals surface area contributed by atoms with Gasteiger partial charge in [-0.15, -0.1) is 0 Å². The summed E-state index contributed by atoms with van der Waals surface area (Å²) in [7, 11) is 0. The van der Waals surface area contributed by atoms with Crippen LogP contribution in [0.15, 0.2) is 0 Å². The second kappa shape index (κ2) is 5.85. The molecule has 1 rings (SSSR count). The van der Waals surface area contributed by atoms with Crippen LogP contribution in [0.2, 0.25) is 0 Å². The zero-order valence-corrected chi connectivity index (χ0v) is 11.8. The van der Waals surface area contributed by atoms with Gasteiger partial charge in [-0.3, -0.25) is 4.79 Å². The highest BCUT2D eigenvalue weighted by molar-refractivity contribution is 5.89. The molecule has 0 bridgehead atoms. The van der Waals surface area contributed by atoms with Gasteiger partial charge in [-0.2, -0.15) is 0 Å². The average Bonchev–Trinajstić information content (AvgIpc) is 2.96. The Morgan fingerprint density at radius 2 is 1.53 bits per heavy atom. The molecule has 1 saturated carbocycles. The van der Waals surface area contributed by atoms with E-state index in [1.165, 1.54) is 0 Å². The van der Waals surface area contributed by atoms with Crippen molar-refractivity contribution in [1.29, 1.82) is 0 Å². The van der Waals surface area contributed by atoms with Crippen LogP contribution in [0.4, 0.5) is 0 Å².